The fourth-order valence-electron chi connectivity index (χ4n) is 1.74. The third-order valence-electron chi connectivity index (χ3n) is 3.03. The number of anilines is 1. The van der Waals surface area contributed by atoms with Gasteiger partial charge in [0, 0.05) is 23.3 Å². The highest BCUT2D eigenvalue weighted by Crippen LogP contribution is 2.09. The van der Waals surface area contributed by atoms with E-state index in [2.05, 4.69) is 22.9 Å². The minimum Gasteiger partial charge on any atom is -0.352 e. The number of nitrogens with one attached hydrogen (secondary N) is 3. The maximum atomic E-state index is 11.9. The molecule has 0 aliphatic rings. The van der Waals surface area contributed by atoms with Crippen LogP contribution in [0.2, 0.25) is 0 Å². The van der Waals surface area contributed by atoms with Gasteiger partial charge in [0.2, 0.25) is 5.91 Å². The van der Waals surface area contributed by atoms with E-state index in [0.29, 0.717) is 17.8 Å². The molecule has 0 saturated carbocycles. The Morgan fingerprint density at radius 3 is 2.27 bits per heavy atom. The van der Waals surface area contributed by atoms with Gasteiger partial charge < -0.3 is 16.0 Å². The first-order valence-electron chi connectivity index (χ1n) is 7.75. The first-order chi connectivity index (χ1) is 10.3. The summed E-state index contributed by atoms with van der Waals surface area (Å²) in [5.74, 6) is -0.184. The average molecular weight is 305 g/mol. The second-order valence-corrected chi connectivity index (χ2v) is 6.34. The van der Waals surface area contributed by atoms with E-state index in [4.69, 9.17) is 0 Å². The second kappa shape index (κ2) is 8.54. The maximum Gasteiger partial charge on any atom is 0.251 e. The molecule has 0 unspecified atom stereocenters. The van der Waals surface area contributed by atoms with Crippen LogP contribution in [0.3, 0.4) is 0 Å². The zero-order valence-electron chi connectivity index (χ0n) is 14.0. The standard InChI is InChI=1S/C17H27N3O2/c1-5-6-11-18-16(22)13-7-9-14(10-8-13)20-15(21)12-19-17(2,3)4/h7-10,19H,5-6,11-12H2,1-4H3,(H,18,22)(H,20,21). The lowest BCUT2D eigenvalue weighted by molar-refractivity contribution is -0.115. The van der Waals surface area contributed by atoms with Crippen LogP contribution in [0.5, 0.6) is 0 Å². The summed E-state index contributed by atoms with van der Waals surface area (Å²) in [5, 5.41) is 8.78. The predicted octanol–water partition coefficient (Wildman–Crippen LogP) is 2.54. The molecule has 0 spiro atoms. The topological polar surface area (TPSA) is 70.2 Å². The van der Waals surface area contributed by atoms with Crippen LogP contribution in [0, 0.1) is 0 Å². The van der Waals surface area contributed by atoms with Gasteiger partial charge in [0.25, 0.3) is 5.91 Å². The van der Waals surface area contributed by atoms with Gasteiger partial charge >= 0.3 is 0 Å². The molecule has 2 amide bonds. The highest BCUT2D eigenvalue weighted by atomic mass is 16.2. The fraction of sp³-hybridized carbons (Fsp3) is 0.529. The van der Waals surface area contributed by atoms with Crippen LogP contribution in [0.15, 0.2) is 24.3 Å². The molecule has 0 saturated heterocycles. The molecule has 5 heteroatoms. The summed E-state index contributed by atoms with van der Waals surface area (Å²) in [5.41, 5.74) is 1.19. The summed E-state index contributed by atoms with van der Waals surface area (Å²) >= 11 is 0. The van der Waals surface area contributed by atoms with Gasteiger partial charge in [-0.3, -0.25) is 9.59 Å². The Hall–Kier alpha value is -1.88. The van der Waals surface area contributed by atoms with Gasteiger partial charge in [0.05, 0.1) is 6.54 Å². The molecule has 1 rings (SSSR count). The van der Waals surface area contributed by atoms with Crippen molar-refractivity contribution in [1.29, 1.82) is 0 Å². The van der Waals surface area contributed by atoms with Gasteiger partial charge in [0.15, 0.2) is 0 Å². The molecule has 1 aromatic carbocycles. The lowest BCUT2D eigenvalue weighted by Crippen LogP contribution is -2.41. The molecule has 0 aromatic heterocycles. The Balaban J connectivity index is 2.47. The van der Waals surface area contributed by atoms with E-state index >= 15 is 0 Å². The summed E-state index contributed by atoms with van der Waals surface area (Å²) in [6.45, 7) is 9.04. The minimum absolute atomic E-state index is 0.0827. The summed E-state index contributed by atoms with van der Waals surface area (Å²) in [6.07, 6.45) is 2.02. The SMILES string of the molecule is CCCCNC(=O)c1ccc(NC(=O)CNC(C)(C)C)cc1. The van der Waals surface area contributed by atoms with Gasteiger partial charge in [-0.2, -0.15) is 0 Å². The number of rotatable bonds is 7. The molecule has 22 heavy (non-hydrogen) atoms. The molecule has 1 aromatic rings. The summed E-state index contributed by atoms with van der Waals surface area (Å²) in [7, 11) is 0. The largest absolute Gasteiger partial charge is 0.352 e. The van der Waals surface area contributed by atoms with E-state index in [1.807, 2.05) is 20.8 Å². The Kier molecular flexibility index (Phi) is 7.05. The van der Waals surface area contributed by atoms with Crippen molar-refractivity contribution in [1.82, 2.24) is 10.6 Å². The van der Waals surface area contributed by atoms with E-state index in [1.54, 1.807) is 24.3 Å². The highest BCUT2D eigenvalue weighted by Gasteiger charge is 2.11. The van der Waals surface area contributed by atoms with Crippen molar-refractivity contribution >= 4 is 17.5 Å². The van der Waals surface area contributed by atoms with Crippen LogP contribution in [0.25, 0.3) is 0 Å². The minimum atomic E-state index is -0.102. The van der Waals surface area contributed by atoms with Crippen molar-refractivity contribution in [2.24, 2.45) is 0 Å². The molecule has 122 valence electrons. The zero-order valence-corrected chi connectivity index (χ0v) is 14.0. The van der Waals surface area contributed by atoms with Gasteiger partial charge in [0.1, 0.15) is 0 Å². The number of unbranched alkanes of at least 4 members (excludes halogenated alkanes) is 1. The molecule has 0 aliphatic heterocycles. The smallest absolute Gasteiger partial charge is 0.251 e. The fourth-order valence-corrected chi connectivity index (χ4v) is 1.74. The Labute approximate surface area is 132 Å². The summed E-state index contributed by atoms with van der Waals surface area (Å²) in [4.78, 5) is 23.7. The van der Waals surface area contributed by atoms with Crippen molar-refractivity contribution in [3.05, 3.63) is 29.8 Å². The normalized spacial score (nSPS) is 11.1. The molecule has 0 atom stereocenters. The number of hydrogen-bond acceptors (Lipinski definition) is 3. The van der Waals surface area contributed by atoms with Gasteiger partial charge in [-0.25, -0.2) is 0 Å². The lowest BCUT2D eigenvalue weighted by atomic mass is 10.1. The van der Waals surface area contributed by atoms with Gasteiger partial charge in [-0.15, -0.1) is 0 Å². The molecule has 3 N–H and O–H groups in total. The average Bonchev–Trinajstić information content (AvgIpc) is 2.45. The molecular formula is C17H27N3O2. The van der Waals surface area contributed by atoms with Crippen LogP contribution in [-0.4, -0.2) is 30.4 Å². The van der Waals surface area contributed by atoms with E-state index in [1.165, 1.54) is 0 Å². The summed E-state index contributed by atoms with van der Waals surface area (Å²) < 4.78 is 0. The molecule has 0 aliphatic carbocycles. The molecule has 0 fully saturated rings. The Morgan fingerprint density at radius 1 is 1.09 bits per heavy atom. The molecular weight excluding hydrogens is 278 g/mol. The predicted molar refractivity (Wildman–Crippen MR) is 90.1 cm³/mol. The first-order valence-corrected chi connectivity index (χ1v) is 7.75. The third kappa shape index (κ3) is 7.22. The van der Waals surface area contributed by atoms with Crippen molar-refractivity contribution in [3.8, 4) is 0 Å². The Bertz CT molecular complexity index is 490. The van der Waals surface area contributed by atoms with Crippen molar-refractivity contribution in [2.75, 3.05) is 18.4 Å². The van der Waals surface area contributed by atoms with E-state index in [9.17, 15) is 9.59 Å². The third-order valence-corrected chi connectivity index (χ3v) is 3.03. The molecule has 5 nitrogen and oxygen atoms in total. The molecule has 0 radical (unpaired) electrons. The zero-order chi connectivity index (χ0) is 16.6. The quantitative estimate of drug-likeness (QED) is 0.678. The maximum absolute atomic E-state index is 11.9. The van der Waals surface area contributed by atoms with Crippen LogP contribution < -0.4 is 16.0 Å². The van der Waals surface area contributed by atoms with E-state index < -0.39 is 0 Å². The first kappa shape index (κ1) is 18.2. The van der Waals surface area contributed by atoms with Crippen molar-refractivity contribution in [3.63, 3.8) is 0 Å². The highest BCUT2D eigenvalue weighted by molar-refractivity contribution is 5.96. The number of carbonyl (C=O) groups excluding carboxylic acids is 2. The van der Waals surface area contributed by atoms with E-state index in [0.717, 1.165) is 12.8 Å². The second-order valence-electron chi connectivity index (χ2n) is 6.34. The van der Waals surface area contributed by atoms with Crippen molar-refractivity contribution in [2.45, 2.75) is 46.1 Å². The summed E-state index contributed by atoms with van der Waals surface area (Å²) in [6, 6.07) is 6.91. The molecule has 0 bridgehead atoms. The molecule has 0 heterocycles. The van der Waals surface area contributed by atoms with Gasteiger partial charge in [-0.05, 0) is 51.5 Å². The van der Waals surface area contributed by atoms with Gasteiger partial charge in [-0.1, -0.05) is 13.3 Å². The number of hydrogen-bond donors (Lipinski definition) is 3. The van der Waals surface area contributed by atoms with Crippen LogP contribution in [0.4, 0.5) is 5.69 Å². The lowest BCUT2D eigenvalue weighted by Gasteiger charge is -2.20. The number of carbonyl (C=O) groups is 2. The number of amides is 2. The van der Waals surface area contributed by atoms with Crippen LogP contribution >= 0.6 is 0 Å². The van der Waals surface area contributed by atoms with Crippen molar-refractivity contribution < 1.29 is 9.59 Å². The van der Waals surface area contributed by atoms with Crippen LogP contribution in [-0.2, 0) is 4.79 Å². The number of benzene rings is 1. The van der Waals surface area contributed by atoms with E-state index in [-0.39, 0.29) is 23.9 Å². The Morgan fingerprint density at radius 2 is 1.73 bits per heavy atom. The monoisotopic (exact) mass is 305 g/mol. The van der Waals surface area contributed by atoms with Crippen LogP contribution in [0.1, 0.15) is 50.9 Å².